The van der Waals surface area contributed by atoms with Gasteiger partial charge in [0.25, 0.3) is 0 Å². The number of methoxy groups -OCH3 is 1. The van der Waals surface area contributed by atoms with E-state index in [4.69, 9.17) is 4.74 Å². The fourth-order valence-electron chi connectivity index (χ4n) is 2.10. The Balaban J connectivity index is 2.80. The smallest absolute Gasteiger partial charge is 0.119 e. The van der Waals surface area contributed by atoms with Crippen LogP contribution in [0.15, 0.2) is 22.7 Å². The molecule has 0 saturated carbocycles. The van der Waals surface area contributed by atoms with Gasteiger partial charge in [-0.3, -0.25) is 0 Å². The van der Waals surface area contributed by atoms with Crippen LogP contribution in [0.1, 0.15) is 40.2 Å². The summed E-state index contributed by atoms with van der Waals surface area (Å²) in [5.41, 5.74) is 1.48. The lowest BCUT2D eigenvalue weighted by Crippen LogP contribution is -2.40. The zero-order valence-electron chi connectivity index (χ0n) is 13.6. The van der Waals surface area contributed by atoms with Gasteiger partial charge in [0.1, 0.15) is 5.75 Å². The van der Waals surface area contributed by atoms with Crippen molar-refractivity contribution in [1.82, 2.24) is 5.32 Å². The third-order valence-corrected chi connectivity index (χ3v) is 4.35. The van der Waals surface area contributed by atoms with E-state index in [0.717, 1.165) is 18.7 Å². The number of ether oxygens (including phenoxy) is 1. The van der Waals surface area contributed by atoms with E-state index in [2.05, 4.69) is 68.0 Å². The van der Waals surface area contributed by atoms with Gasteiger partial charge in [0.15, 0.2) is 0 Å². The number of hydrogen-bond acceptors (Lipinski definition) is 2. The van der Waals surface area contributed by atoms with E-state index >= 15 is 0 Å². The first-order chi connectivity index (χ1) is 9.23. The molecule has 20 heavy (non-hydrogen) atoms. The monoisotopic (exact) mass is 341 g/mol. The van der Waals surface area contributed by atoms with E-state index in [-0.39, 0.29) is 5.54 Å². The van der Waals surface area contributed by atoms with Crippen LogP contribution in [-0.2, 0) is 6.42 Å². The second-order valence-corrected chi connectivity index (χ2v) is 7.65. The summed E-state index contributed by atoms with van der Waals surface area (Å²) >= 11 is 3.65. The molecule has 0 fully saturated rings. The molecule has 2 nitrogen and oxygen atoms in total. The molecule has 3 heteroatoms. The predicted octanol–water partition coefficient (Wildman–Crippen LogP) is 4.66. The summed E-state index contributed by atoms with van der Waals surface area (Å²) in [6.07, 6.45) is 1.05. The van der Waals surface area contributed by atoms with Gasteiger partial charge in [-0.2, -0.15) is 0 Å². The topological polar surface area (TPSA) is 21.3 Å². The first-order valence-electron chi connectivity index (χ1n) is 7.30. The maximum Gasteiger partial charge on any atom is 0.119 e. The van der Waals surface area contributed by atoms with Gasteiger partial charge >= 0.3 is 0 Å². The minimum atomic E-state index is 0.165. The minimum absolute atomic E-state index is 0.165. The average Bonchev–Trinajstić information content (AvgIpc) is 2.35. The second-order valence-electron chi connectivity index (χ2n) is 6.80. The standard InChI is InChI=1S/C17H28BrNO/c1-12(2)14(11-19-17(3,4)5)9-13-10-15(20-6)7-8-16(13)18/h7-8,10,12,14,19H,9,11H2,1-6H3. The fourth-order valence-corrected chi connectivity index (χ4v) is 2.51. The normalized spacial score (nSPS) is 13.6. The molecular formula is C17H28BrNO. The molecule has 0 aliphatic rings. The lowest BCUT2D eigenvalue weighted by atomic mass is 9.88. The van der Waals surface area contributed by atoms with E-state index in [0.29, 0.717) is 11.8 Å². The van der Waals surface area contributed by atoms with Crippen LogP contribution in [-0.4, -0.2) is 19.2 Å². The Morgan fingerprint density at radius 1 is 1.25 bits per heavy atom. The molecular weight excluding hydrogens is 314 g/mol. The van der Waals surface area contributed by atoms with E-state index in [1.807, 2.05) is 6.07 Å². The van der Waals surface area contributed by atoms with Crippen molar-refractivity contribution in [2.45, 2.75) is 46.6 Å². The van der Waals surface area contributed by atoms with E-state index in [1.54, 1.807) is 7.11 Å². The zero-order valence-corrected chi connectivity index (χ0v) is 15.2. The quantitative estimate of drug-likeness (QED) is 0.812. The van der Waals surface area contributed by atoms with Crippen LogP contribution < -0.4 is 10.1 Å². The second kappa shape index (κ2) is 7.46. The van der Waals surface area contributed by atoms with Crippen molar-refractivity contribution in [3.8, 4) is 5.75 Å². The number of nitrogens with one attached hydrogen (secondary N) is 1. The molecule has 1 aromatic carbocycles. The Hall–Kier alpha value is -0.540. The molecule has 114 valence electrons. The van der Waals surface area contributed by atoms with E-state index in [9.17, 15) is 0 Å². The molecule has 1 unspecified atom stereocenters. The van der Waals surface area contributed by atoms with Gasteiger partial charge in [0, 0.05) is 10.0 Å². The molecule has 0 spiro atoms. The molecule has 0 radical (unpaired) electrons. The highest BCUT2D eigenvalue weighted by molar-refractivity contribution is 9.10. The molecule has 1 atom stereocenters. The Labute approximate surface area is 132 Å². The molecule has 0 heterocycles. The highest BCUT2D eigenvalue weighted by atomic mass is 79.9. The molecule has 0 saturated heterocycles. The molecule has 0 aliphatic heterocycles. The van der Waals surface area contributed by atoms with Crippen molar-refractivity contribution in [1.29, 1.82) is 0 Å². The SMILES string of the molecule is COc1ccc(Br)c(CC(CNC(C)(C)C)C(C)C)c1. The number of benzene rings is 1. The van der Waals surface area contributed by atoms with Crippen molar-refractivity contribution in [2.24, 2.45) is 11.8 Å². The number of halogens is 1. The Bertz CT molecular complexity index is 423. The fraction of sp³-hybridized carbons (Fsp3) is 0.647. The lowest BCUT2D eigenvalue weighted by Gasteiger charge is -2.28. The molecule has 0 bridgehead atoms. The third-order valence-electron chi connectivity index (χ3n) is 3.57. The van der Waals surface area contributed by atoms with Crippen LogP contribution in [0.4, 0.5) is 0 Å². The van der Waals surface area contributed by atoms with Crippen molar-refractivity contribution >= 4 is 15.9 Å². The van der Waals surface area contributed by atoms with Crippen LogP contribution >= 0.6 is 15.9 Å². The van der Waals surface area contributed by atoms with E-state index in [1.165, 1.54) is 10.0 Å². The Morgan fingerprint density at radius 2 is 1.90 bits per heavy atom. The van der Waals surface area contributed by atoms with Gasteiger partial charge in [0.05, 0.1) is 7.11 Å². The van der Waals surface area contributed by atoms with Gasteiger partial charge in [-0.15, -0.1) is 0 Å². The molecule has 0 amide bonds. The third kappa shape index (κ3) is 5.84. The molecule has 1 N–H and O–H groups in total. The van der Waals surface area contributed by atoms with Crippen LogP contribution in [0.2, 0.25) is 0 Å². The summed E-state index contributed by atoms with van der Waals surface area (Å²) in [7, 11) is 1.72. The predicted molar refractivity (Wildman–Crippen MR) is 90.5 cm³/mol. The summed E-state index contributed by atoms with van der Waals surface area (Å²) in [6, 6.07) is 6.20. The zero-order chi connectivity index (χ0) is 15.3. The molecule has 0 aliphatic carbocycles. The van der Waals surface area contributed by atoms with Crippen LogP contribution in [0.3, 0.4) is 0 Å². The van der Waals surface area contributed by atoms with Crippen LogP contribution in [0.25, 0.3) is 0 Å². The van der Waals surface area contributed by atoms with Gasteiger partial charge < -0.3 is 10.1 Å². The van der Waals surface area contributed by atoms with Gasteiger partial charge in [0.2, 0.25) is 0 Å². The van der Waals surface area contributed by atoms with Crippen LogP contribution in [0, 0.1) is 11.8 Å². The maximum atomic E-state index is 5.33. The van der Waals surface area contributed by atoms with E-state index < -0.39 is 0 Å². The lowest BCUT2D eigenvalue weighted by molar-refractivity contribution is 0.311. The maximum absolute atomic E-state index is 5.33. The number of rotatable bonds is 6. The highest BCUT2D eigenvalue weighted by Crippen LogP contribution is 2.27. The first-order valence-corrected chi connectivity index (χ1v) is 8.09. The van der Waals surface area contributed by atoms with Crippen molar-refractivity contribution in [3.63, 3.8) is 0 Å². The Morgan fingerprint density at radius 3 is 2.40 bits per heavy atom. The van der Waals surface area contributed by atoms with Crippen LogP contribution in [0.5, 0.6) is 5.75 Å². The molecule has 0 aromatic heterocycles. The highest BCUT2D eigenvalue weighted by Gasteiger charge is 2.19. The number of hydrogen-bond donors (Lipinski definition) is 1. The Kier molecular flexibility index (Phi) is 6.53. The summed E-state index contributed by atoms with van der Waals surface area (Å²) < 4.78 is 6.50. The summed E-state index contributed by atoms with van der Waals surface area (Å²) in [6.45, 7) is 12.3. The first kappa shape index (κ1) is 17.5. The van der Waals surface area contributed by atoms with Crippen molar-refractivity contribution < 1.29 is 4.74 Å². The van der Waals surface area contributed by atoms with Gasteiger partial charge in [-0.25, -0.2) is 0 Å². The summed E-state index contributed by atoms with van der Waals surface area (Å²) in [5.74, 6) is 2.18. The molecule has 1 aromatic rings. The average molecular weight is 342 g/mol. The largest absolute Gasteiger partial charge is 0.497 e. The molecule has 1 rings (SSSR count). The minimum Gasteiger partial charge on any atom is -0.497 e. The van der Waals surface area contributed by atoms with Crippen molar-refractivity contribution in [3.05, 3.63) is 28.2 Å². The van der Waals surface area contributed by atoms with Gasteiger partial charge in [-0.1, -0.05) is 29.8 Å². The van der Waals surface area contributed by atoms with Crippen molar-refractivity contribution in [2.75, 3.05) is 13.7 Å². The summed E-state index contributed by atoms with van der Waals surface area (Å²) in [5, 5.41) is 3.63. The van der Waals surface area contributed by atoms with Gasteiger partial charge in [-0.05, 0) is 69.3 Å². The summed E-state index contributed by atoms with van der Waals surface area (Å²) in [4.78, 5) is 0.